The summed E-state index contributed by atoms with van der Waals surface area (Å²) in [4.78, 5) is 25.5. The summed E-state index contributed by atoms with van der Waals surface area (Å²) in [6.07, 6.45) is 0.137. The van der Waals surface area contributed by atoms with Crippen molar-refractivity contribution in [3.05, 3.63) is 29.8 Å². The number of rotatable bonds is 3. The smallest absolute Gasteiger partial charge is 0.264 e. The van der Waals surface area contributed by atoms with Gasteiger partial charge in [0, 0.05) is 30.7 Å². The second kappa shape index (κ2) is 5.41. The van der Waals surface area contributed by atoms with Gasteiger partial charge < -0.3 is 19.5 Å². The van der Waals surface area contributed by atoms with Crippen LogP contribution in [0.2, 0.25) is 18.6 Å². The summed E-state index contributed by atoms with van der Waals surface area (Å²) in [6.45, 7) is 5.76. The van der Waals surface area contributed by atoms with E-state index in [0.717, 1.165) is 11.3 Å². The first-order chi connectivity index (χ1) is 10.7. The molecule has 1 spiro atoms. The number of likely N-dealkylation sites (N-methyl/N-ethyl adjacent to an activating group) is 1. The molecule has 1 aromatic rings. The molecule has 2 N–H and O–H groups in total. The predicted octanol–water partition coefficient (Wildman–Crippen LogP) is 1.84. The normalized spacial score (nSPS) is 33.6. The van der Waals surface area contributed by atoms with E-state index in [9.17, 15) is 14.7 Å². The molecule has 0 bridgehead atoms. The molecule has 0 radical (unpaired) electrons. The average molecular weight is 335 g/mol. The van der Waals surface area contributed by atoms with Crippen LogP contribution in [0.25, 0.3) is 0 Å². The van der Waals surface area contributed by atoms with Crippen LogP contribution >= 0.6 is 0 Å². The molecule has 5 nitrogen and oxygen atoms in total. The molecule has 126 valence electrons. The minimum atomic E-state index is -2.56. The van der Waals surface area contributed by atoms with Gasteiger partial charge in [0.2, 0.25) is 0 Å². The number of amides is 1. The Balaban J connectivity index is 2.14. The van der Waals surface area contributed by atoms with Gasteiger partial charge in [-0.1, -0.05) is 25.1 Å². The Labute approximate surface area is 138 Å². The van der Waals surface area contributed by atoms with Gasteiger partial charge in [0.15, 0.2) is 13.9 Å². The van der Waals surface area contributed by atoms with E-state index in [1.165, 1.54) is 0 Å². The van der Waals surface area contributed by atoms with E-state index in [-0.39, 0.29) is 30.1 Å². The van der Waals surface area contributed by atoms with Gasteiger partial charge in [-0.25, -0.2) is 0 Å². The maximum absolute atomic E-state index is 13.1. The number of ether oxygens (including phenoxy) is 1. The fourth-order valence-corrected chi connectivity index (χ4v) is 7.14. The lowest BCUT2D eigenvalue weighted by molar-refractivity contribution is -0.146. The first-order valence-electron chi connectivity index (χ1n) is 8.14. The Morgan fingerprint density at radius 1 is 1.35 bits per heavy atom. The van der Waals surface area contributed by atoms with E-state index in [1.807, 2.05) is 44.3 Å². The summed E-state index contributed by atoms with van der Waals surface area (Å²) >= 11 is 0. The van der Waals surface area contributed by atoms with Gasteiger partial charge in [-0.3, -0.25) is 4.79 Å². The standard InChI is InChI=1S/C17H25NO4Si/c1-11-15(23(3,4)21)14(9-10-19)22-17(11)12-7-5-6-8-13(12)18(2)16(17)20/h5-8,11,14-15,19,21H,9-10H2,1-4H3/t11-,14+,15-,17+/m1/s1. The van der Waals surface area contributed by atoms with Crippen molar-refractivity contribution in [3.8, 4) is 0 Å². The third-order valence-corrected chi connectivity index (χ3v) is 7.94. The minimum absolute atomic E-state index is 0.0138. The first kappa shape index (κ1) is 16.6. The van der Waals surface area contributed by atoms with Gasteiger partial charge in [0.1, 0.15) is 0 Å². The summed E-state index contributed by atoms with van der Waals surface area (Å²) in [5.41, 5.74) is 0.607. The number of aliphatic hydroxyl groups is 1. The molecule has 1 amide bonds. The molecule has 2 aliphatic rings. The SMILES string of the molecule is C[C@@H]1[C@@H]([Si](C)(C)O)[C@H](CCO)O[C@@]12C(=O)N(C)c1ccccc12. The topological polar surface area (TPSA) is 70.0 Å². The Morgan fingerprint density at radius 2 is 2.00 bits per heavy atom. The van der Waals surface area contributed by atoms with Crippen LogP contribution in [0, 0.1) is 5.92 Å². The zero-order valence-corrected chi connectivity index (χ0v) is 15.1. The molecule has 23 heavy (non-hydrogen) atoms. The number of hydrogen-bond acceptors (Lipinski definition) is 4. The number of fused-ring (bicyclic) bond motifs is 2. The fraction of sp³-hybridized carbons (Fsp3) is 0.588. The van der Waals surface area contributed by atoms with E-state index in [1.54, 1.807) is 11.9 Å². The fourth-order valence-electron chi connectivity index (χ4n) is 4.53. The number of benzene rings is 1. The number of carbonyl (C=O) groups is 1. The van der Waals surface area contributed by atoms with Gasteiger partial charge in [0.25, 0.3) is 5.91 Å². The van der Waals surface area contributed by atoms with Crippen LogP contribution in [-0.4, -0.2) is 43.9 Å². The van der Waals surface area contributed by atoms with E-state index in [0.29, 0.717) is 6.42 Å². The number of aliphatic hydroxyl groups excluding tert-OH is 1. The molecule has 6 heteroatoms. The number of nitrogens with zero attached hydrogens (tertiary/aromatic N) is 1. The van der Waals surface area contributed by atoms with E-state index < -0.39 is 13.9 Å². The van der Waals surface area contributed by atoms with Crippen LogP contribution in [-0.2, 0) is 15.1 Å². The number of anilines is 1. The highest BCUT2D eigenvalue weighted by Gasteiger charge is 2.65. The molecule has 1 fully saturated rings. The van der Waals surface area contributed by atoms with E-state index >= 15 is 0 Å². The Bertz CT molecular complexity index is 629. The van der Waals surface area contributed by atoms with E-state index in [4.69, 9.17) is 4.74 Å². The van der Waals surface area contributed by atoms with Crippen molar-refractivity contribution in [2.45, 2.75) is 43.7 Å². The van der Waals surface area contributed by atoms with Gasteiger partial charge in [0.05, 0.1) is 11.8 Å². The van der Waals surface area contributed by atoms with Crippen molar-refractivity contribution in [1.29, 1.82) is 0 Å². The quantitative estimate of drug-likeness (QED) is 0.827. The summed E-state index contributed by atoms with van der Waals surface area (Å²) in [6, 6.07) is 7.69. The summed E-state index contributed by atoms with van der Waals surface area (Å²) < 4.78 is 6.33. The van der Waals surface area contributed by atoms with Crippen LogP contribution in [0.1, 0.15) is 18.9 Å². The summed E-state index contributed by atoms with van der Waals surface area (Å²) in [5.74, 6) is -0.209. The van der Waals surface area contributed by atoms with Crippen molar-refractivity contribution in [1.82, 2.24) is 0 Å². The Morgan fingerprint density at radius 3 is 2.61 bits per heavy atom. The second-order valence-corrected chi connectivity index (χ2v) is 11.2. The summed E-state index contributed by atoms with van der Waals surface area (Å²) in [5, 5.41) is 9.40. The molecule has 0 saturated carbocycles. The van der Waals surface area contributed by atoms with Crippen LogP contribution in [0.3, 0.4) is 0 Å². The molecule has 3 rings (SSSR count). The molecule has 4 atom stereocenters. The van der Waals surface area contributed by atoms with Gasteiger partial charge in [-0.15, -0.1) is 0 Å². The maximum atomic E-state index is 13.1. The molecule has 2 heterocycles. The van der Waals surface area contributed by atoms with Crippen LogP contribution in [0.5, 0.6) is 0 Å². The number of hydrogen-bond donors (Lipinski definition) is 2. The maximum Gasteiger partial charge on any atom is 0.264 e. The van der Waals surface area contributed by atoms with Gasteiger partial charge >= 0.3 is 0 Å². The monoisotopic (exact) mass is 335 g/mol. The molecule has 0 unspecified atom stereocenters. The lowest BCUT2D eigenvalue weighted by atomic mass is 9.82. The molecule has 1 saturated heterocycles. The Hall–Kier alpha value is -1.21. The summed E-state index contributed by atoms with van der Waals surface area (Å²) in [7, 11) is -0.795. The second-order valence-electron chi connectivity index (χ2n) is 7.25. The zero-order valence-electron chi connectivity index (χ0n) is 14.1. The van der Waals surface area contributed by atoms with Crippen molar-refractivity contribution in [3.63, 3.8) is 0 Å². The third-order valence-electron chi connectivity index (χ3n) is 5.43. The van der Waals surface area contributed by atoms with Crippen molar-refractivity contribution < 1.29 is 19.4 Å². The lowest BCUT2D eigenvalue weighted by Crippen LogP contribution is -2.45. The van der Waals surface area contributed by atoms with Crippen molar-refractivity contribution in [2.24, 2.45) is 5.92 Å². The molecular formula is C17H25NO4Si. The van der Waals surface area contributed by atoms with Crippen LogP contribution in [0.15, 0.2) is 24.3 Å². The Kier molecular flexibility index (Phi) is 3.91. The van der Waals surface area contributed by atoms with Gasteiger partial charge in [-0.2, -0.15) is 0 Å². The average Bonchev–Trinajstić information content (AvgIpc) is 2.89. The van der Waals surface area contributed by atoms with Crippen molar-refractivity contribution >= 4 is 19.9 Å². The molecule has 2 aliphatic heterocycles. The van der Waals surface area contributed by atoms with Crippen molar-refractivity contribution in [2.75, 3.05) is 18.6 Å². The molecule has 0 aliphatic carbocycles. The highest BCUT2D eigenvalue weighted by atomic mass is 28.4. The number of carbonyl (C=O) groups excluding carboxylic acids is 1. The third kappa shape index (κ3) is 2.20. The van der Waals surface area contributed by atoms with Crippen LogP contribution in [0.4, 0.5) is 5.69 Å². The van der Waals surface area contributed by atoms with Crippen LogP contribution < -0.4 is 4.90 Å². The van der Waals surface area contributed by atoms with E-state index in [2.05, 4.69) is 0 Å². The first-order valence-corrected chi connectivity index (χ1v) is 11.2. The largest absolute Gasteiger partial charge is 0.432 e. The molecule has 1 aromatic carbocycles. The minimum Gasteiger partial charge on any atom is -0.432 e. The highest BCUT2D eigenvalue weighted by Crippen LogP contribution is 2.59. The van der Waals surface area contributed by atoms with Gasteiger partial charge in [-0.05, 0) is 25.6 Å². The number of para-hydroxylation sites is 1. The predicted molar refractivity (Wildman–Crippen MR) is 90.7 cm³/mol. The lowest BCUT2D eigenvalue weighted by Gasteiger charge is -2.32. The zero-order chi connectivity index (χ0) is 17.0. The molecule has 0 aromatic heterocycles. The molecular weight excluding hydrogens is 310 g/mol. The highest BCUT2D eigenvalue weighted by molar-refractivity contribution is 6.71.